The number of benzene rings is 5. The van der Waals surface area contributed by atoms with Gasteiger partial charge in [-0.25, -0.2) is 8.78 Å². The van der Waals surface area contributed by atoms with Crippen molar-refractivity contribution >= 4 is 0 Å². The van der Waals surface area contributed by atoms with Gasteiger partial charge in [0.15, 0.2) is 0 Å². The lowest BCUT2D eigenvalue weighted by Crippen LogP contribution is -1.89. The van der Waals surface area contributed by atoms with Crippen molar-refractivity contribution in [3.8, 4) is 46.0 Å². The summed E-state index contributed by atoms with van der Waals surface area (Å²) >= 11 is 0. The molecule has 0 unspecified atom stereocenters. The third kappa shape index (κ3) is 6.18. The zero-order chi connectivity index (χ0) is 24.7. The molecule has 5 rings (SSSR count). The second-order valence-corrected chi connectivity index (χ2v) is 7.74. The maximum atomic E-state index is 13.1. The summed E-state index contributed by atoms with van der Waals surface area (Å²) in [5.41, 5.74) is 0. The molecule has 0 saturated heterocycles. The Kier molecular flexibility index (Phi) is 6.76. The van der Waals surface area contributed by atoms with Gasteiger partial charge in [-0.3, -0.25) is 0 Å². The minimum absolute atomic E-state index is 0.321. The topological polar surface area (TPSA) is 36.9 Å². The molecule has 36 heavy (non-hydrogen) atoms. The molecule has 0 fully saturated rings. The van der Waals surface area contributed by atoms with Crippen molar-refractivity contribution < 1.29 is 27.7 Å². The van der Waals surface area contributed by atoms with Crippen LogP contribution in [0.2, 0.25) is 0 Å². The molecule has 178 valence electrons. The fourth-order valence-corrected chi connectivity index (χ4v) is 3.33. The summed E-state index contributed by atoms with van der Waals surface area (Å²) in [6.45, 7) is 0. The molecule has 0 heterocycles. The van der Waals surface area contributed by atoms with E-state index in [1.54, 1.807) is 72.8 Å². The quantitative estimate of drug-likeness (QED) is 0.221. The van der Waals surface area contributed by atoms with Crippen LogP contribution in [0.4, 0.5) is 8.78 Å². The molecule has 0 radical (unpaired) electrons. The number of hydrogen-bond donors (Lipinski definition) is 0. The number of ether oxygens (including phenoxy) is 4. The van der Waals surface area contributed by atoms with Crippen molar-refractivity contribution in [1.82, 2.24) is 0 Å². The number of rotatable bonds is 8. The maximum Gasteiger partial charge on any atom is 0.131 e. The van der Waals surface area contributed by atoms with Crippen molar-refractivity contribution in [3.05, 3.63) is 133 Å². The Labute approximate surface area is 206 Å². The minimum Gasteiger partial charge on any atom is -0.457 e. The Balaban J connectivity index is 1.21. The van der Waals surface area contributed by atoms with Gasteiger partial charge in [0.1, 0.15) is 57.6 Å². The zero-order valence-corrected chi connectivity index (χ0v) is 18.9. The fraction of sp³-hybridized carbons (Fsp3) is 0. The van der Waals surface area contributed by atoms with Gasteiger partial charge in [0.05, 0.1) is 0 Å². The van der Waals surface area contributed by atoms with E-state index in [1.165, 1.54) is 24.3 Å². The summed E-state index contributed by atoms with van der Waals surface area (Å²) in [7, 11) is 0. The molecular formula is C30H20F2O4. The number of halogens is 2. The molecule has 0 aliphatic rings. The Bertz CT molecular complexity index is 1320. The predicted molar refractivity (Wildman–Crippen MR) is 132 cm³/mol. The average molecular weight is 482 g/mol. The van der Waals surface area contributed by atoms with E-state index in [4.69, 9.17) is 18.9 Å². The Morgan fingerprint density at radius 3 is 0.833 bits per heavy atom. The van der Waals surface area contributed by atoms with Gasteiger partial charge in [-0.05, 0) is 97.1 Å². The third-order valence-corrected chi connectivity index (χ3v) is 5.00. The summed E-state index contributed by atoms with van der Waals surface area (Å²) in [5.74, 6) is 3.98. The van der Waals surface area contributed by atoms with E-state index >= 15 is 0 Å². The van der Waals surface area contributed by atoms with Crippen LogP contribution < -0.4 is 18.9 Å². The van der Waals surface area contributed by atoms with Crippen LogP contribution in [0.3, 0.4) is 0 Å². The van der Waals surface area contributed by atoms with Crippen LogP contribution in [-0.2, 0) is 0 Å². The minimum atomic E-state index is -0.321. The highest BCUT2D eigenvalue weighted by atomic mass is 19.1. The second-order valence-electron chi connectivity index (χ2n) is 7.74. The standard InChI is InChI=1S/C30H20F2O4/c31-21-7-11-23(12-8-21)33-27-3-1-5-29(19-27)35-25-15-17-26(18-16-25)36-30-6-2-4-28(20-30)34-24-13-9-22(32)10-14-24/h1-20H. The van der Waals surface area contributed by atoms with Crippen molar-refractivity contribution in [2.75, 3.05) is 0 Å². The highest BCUT2D eigenvalue weighted by molar-refractivity contribution is 5.43. The van der Waals surface area contributed by atoms with Crippen molar-refractivity contribution in [2.24, 2.45) is 0 Å². The lowest BCUT2D eigenvalue weighted by molar-refractivity contribution is 0.452. The predicted octanol–water partition coefficient (Wildman–Crippen LogP) is 9.13. The molecule has 5 aromatic carbocycles. The molecule has 0 spiro atoms. The maximum absolute atomic E-state index is 13.1. The molecule has 0 saturated carbocycles. The first-order chi connectivity index (χ1) is 17.6. The van der Waals surface area contributed by atoms with Crippen molar-refractivity contribution in [1.29, 1.82) is 0 Å². The monoisotopic (exact) mass is 482 g/mol. The van der Waals surface area contributed by atoms with Gasteiger partial charge in [0, 0.05) is 12.1 Å². The van der Waals surface area contributed by atoms with Crippen LogP contribution in [0, 0.1) is 11.6 Å². The molecule has 0 atom stereocenters. The summed E-state index contributed by atoms with van der Waals surface area (Å²) in [5, 5.41) is 0. The van der Waals surface area contributed by atoms with Gasteiger partial charge in [-0.1, -0.05) is 12.1 Å². The third-order valence-electron chi connectivity index (χ3n) is 5.00. The Hall–Kier alpha value is -4.84. The van der Waals surface area contributed by atoms with E-state index in [0.717, 1.165) is 0 Å². The average Bonchev–Trinajstić information content (AvgIpc) is 2.89. The molecule has 4 nitrogen and oxygen atoms in total. The van der Waals surface area contributed by atoms with Gasteiger partial charge >= 0.3 is 0 Å². The summed E-state index contributed by atoms with van der Waals surface area (Å²) in [6.07, 6.45) is 0. The highest BCUT2D eigenvalue weighted by Crippen LogP contribution is 2.32. The van der Waals surface area contributed by atoms with E-state index < -0.39 is 0 Å². The van der Waals surface area contributed by atoms with Crippen LogP contribution in [0.15, 0.2) is 121 Å². The summed E-state index contributed by atoms with van der Waals surface area (Å²) in [6, 6.07) is 33.1. The van der Waals surface area contributed by atoms with Crippen molar-refractivity contribution in [2.45, 2.75) is 0 Å². The first-order valence-corrected chi connectivity index (χ1v) is 11.1. The molecule has 0 amide bonds. The molecule has 0 bridgehead atoms. The Morgan fingerprint density at radius 2 is 0.556 bits per heavy atom. The molecule has 0 aliphatic heterocycles. The van der Waals surface area contributed by atoms with Crippen LogP contribution in [-0.4, -0.2) is 0 Å². The fourth-order valence-electron chi connectivity index (χ4n) is 3.33. The smallest absolute Gasteiger partial charge is 0.131 e. The summed E-state index contributed by atoms with van der Waals surface area (Å²) < 4.78 is 49.6. The molecule has 6 heteroatoms. The van der Waals surface area contributed by atoms with Crippen LogP contribution >= 0.6 is 0 Å². The summed E-state index contributed by atoms with van der Waals surface area (Å²) in [4.78, 5) is 0. The van der Waals surface area contributed by atoms with E-state index in [-0.39, 0.29) is 11.6 Å². The lowest BCUT2D eigenvalue weighted by atomic mass is 10.3. The highest BCUT2D eigenvalue weighted by Gasteiger charge is 2.05. The van der Waals surface area contributed by atoms with Crippen molar-refractivity contribution in [3.63, 3.8) is 0 Å². The zero-order valence-electron chi connectivity index (χ0n) is 18.9. The van der Waals surface area contributed by atoms with Crippen LogP contribution in [0.5, 0.6) is 46.0 Å². The first kappa shape index (κ1) is 22.9. The largest absolute Gasteiger partial charge is 0.457 e. The lowest BCUT2D eigenvalue weighted by Gasteiger charge is -2.11. The molecule has 0 N–H and O–H groups in total. The molecule has 0 aromatic heterocycles. The van der Waals surface area contributed by atoms with E-state index in [1.807, 2.05) is 24.3 Å². The van der Waals surface area contributed by atoms with Gasteiger partial charge in [0.25, 0.3) is 0 Å². The SMILES string of the molecule is Fc1ccc(Oc2cccc(Oc3ccc(Oc4cccc(Oc5ccc(F)cc5)c4)cc3)c2)cc1. The van der Waals surface area contributed by atoms with Gasteiger partial charge in [0.2, 0.25) is 0 Å². The van der Waals surface area contributed by atoms with Crippen LogP contribution in [0.1, 0.15) is 0 Å². The van der Waals surface area contributed by atoms with E-state index in [0.29, 0.717) is 46.0 Å². The van der Waals surface area contributed by atoms with Crippen LogP contribution in [0.25, 0.3) is 0 Å². The molecule has 5 aromatic rings. The van der Waals surface area contributed by atoms with Gasteiger partial charge < -0.3 is 18.9 Å². The molecule has 0 aliphatic carbocycles. The van der Waals surface area contributed by atoms with Gasteiger partial charge in [-0.2, -0.15) is 0 Å². The van der Waals surface area contributed by atoms with E-state index in [9.17, 15) is 8.78 Å². The Morgan fingerprint density at radius 1 is 0.306 bits per heavy atom. The normalized spacial score (nSPS) is 10.5. The second kappa shape index (κ2) is 10.6. The number of hydrogen-bond acceptors (Lipinski definition) is 4. The molecular weight excluding hydrogens is 462 g/mol. The van der Waals surface area contributed by atoms with Gasteiger partial charge in [-0.15, -0.1) is 0 Å². The first-order valence-electron chi connectivity index (χ1n) is 11.1. The van der Waals surface area contributed by atoms with E-state index in [2.05, 4.69) is 0 Å².